The van der Waals surface area contributed by atoms with Crippen molar-refractivity contribution in [2.75, 3.05) is 27.2 Å². The molecule has 0 amide bonds. The zero-order valence-electron chi connectivity index (χ0n) is 11.9. The highest BCUT2D eigenvalue weighted by molar-refractivity contribution is 5.08. The Labute approximate surface area is 110 Å². The largest absolute Gasteiger partial charge is 0.329 e. The van der Waals surface area contributed by atoms with Gasteiger partial charge in [0, 0.05) is 50.0 Å². The van der Waals surface area contributed by atoms with Crippen LogP contribution in [0.25, 0.3) is 0 Å². The summed E-state index contributed by atoms with van der Waals surface area (Å²) in [5.41, 5.74) is 7.41. The topological polar surface area (TPSA) is 50.3 Å². The van der Waals surface area contributed by atoms with Crippen LogP contribution in [-0.2, 0) is 13.6 Å². The van der Waals surface area contributed by atoms with Crippen LogP contribution in [0.5, 0.6) is 0 Å². The zero-order valence-corrected chi connectivity index (χ0v) is 11.9. The van der Waals surface area contributed by atoms with E-state index in [0.29, 0.717) is 12.6 Å². The molecule has 0 radical (unpaired) electrons. The second kappa shape index (κ2) is 4.99. The molecule has 2 atom stereocenters. The molecule has 1 fully saturated rings. The van der Waals surface area contributed by atoms with Gasteiger partial charge in [-0.15, -0.1) is 0 Å². The maximum absolute atomic E-state index is 6.06. The predicted octanol–water partition coefficient (Wildman–Crippen LogP) is 0.273. The summed E-state index contributed by atoms with van der Waals surface area (Å²) in [6.07, 6.45) is 5.14. The Bertz CT molecular complexity index is 390. The molecule has 1 aliphatic rings. The van der Waals surface area contributed by atoms with Gasteiger partial charge < -0.3 is 10.6 Å². The molecule has 1 aromatic rings. The van der Waals surface area contributed by atoms with E-state index in [9.17, 15) is 0 Å². The molecule has 0 aromatic carbocycles. The van der Waals surface area contributed by atoms with Crippen molar-refractivity contribution in [1.82, 2.24) is 19.6 Å². The molecule has 1 aromatic heterocycles. The molecule has 18 heavy (non-hydrogen) atoms. The van der Waals surface area contributed by atoms with E-state index in [1.165, 1.54) is 5.56 Å². The number of aryl methyl sites for hydroxylation is 1. The highest BCUT2D eigenvalue weighted by atomic mass is 15.3. The number of rotatable bonds is 4. The first-order valence-corrected chi connectivity index (χ1v) is 6.56. The summed E-state index contributed by atoms with van der Waals surface area (Å²) in [4.78, 5) is 4.79. The smallest absolute Gasteiger partial charge is 0.0534 e. The summed E-state index contributed by atoms with van der Waals surface area (Å²) in [7, 11) is 6.30. The molecule has 2 N–H and O–H groups in total. The van der Waals surface area contributed by atoms with Crippen molar-refractivity contribution in [3.8, 4) is 0 Å². The summed E-state index contributed by atoms with van der Waals surface area (Å²) in [5, 5.41) is 4.22. The first-order chi connectivity index (χ1) is 8.47. The molecule has 0 spiro atoms. The number of hydrogen-bond acceptors (Lipinski definition) is 4. The highest BCUT2D eigenvalue weighted by Gasteiger charge is 2.42. The average Bonchev–Trinajstić information content (AvgIpc) is 2.85. The molecule has 0 aliphatic carbocycles. The molecule has 5 heteroatoms. The lowest BCUT2D eigenvalue weighted by Crippen LogP contribution is -2.53. The SMILES string of the molecule is CC1CC(CN)(N(C)Cc2cnn(C)c2)CN1C. The number of nitrogens with zero attached hydrogens (tertiary/aromatic N) is 4. The summed E-state index contributed by atoms with van der Waals surface area (Å²) < 4.78 is 1.85. The lowest BCUT2D eigenvalue weighted by atomic mass is 9.94. The monoisotopic (exact) mass is 251 g/mol. The molecule has 0 saturated carbocycles. The van der Waals surface area contributed by atoms with Crippen LogP contribution < -0.4 is 5.73 Å². The molecule has 1 saturated heterocycles. The van der Waals surface area contributed by atoms with E-state index in [2.05, 4.69) is 42.1 Å². The fourth-order valence-corrected chi connectivity index (χ4v) is 2.97. The summed E-state index contributed by atoms with van der Waals surface area (Å²) in [6.45, 7) is 4.93. The molecule has 0 bridgehead atoms. The van der Waals surface area contributed by atoms with Gasteiger partial charge >= 0.3 is 0 Å². The van der Waals surface area contributed by atoms with Crippen LogP contribution in [0.2, 0.25) is 0 Å². The second-order valence-corrected chi connectivity index (χ2v) is 5.78. The van der Waals surface area contributed by atoms with Crippen LogP contribution >= 0.6 is 0 Å². The molecule has 1 aliphatic heterocycles. The zero-order chi connectivity index (χ0) is 13.3. The summed E-state index contributed by atoms with van der Waals surface area (Å²) in [5.74, 6) is 0. The molecular weight excluding hydrogens is 226 g/mol. The standard InChI is InChI=1S/C13H25N5/c1-11-5-13(9-14,10-16(11)2)17(3)7-12-6-15-18(4)8-12/h6,8,11H,5,7,9-10,14H2,1-4H3. The van der Waals surface area contributed by atoms with Crippen molar-refractivity contribution in [3.63, 3.8) is 0 Å². The van der Waals surface area contributed by atoms with Gasteiger partial charge in [-0.1, -0.05) is 0 Å². The van der Waals surface area contributed by atoms with E-state index in [4.69, 9.17) is 5.73 Å². The van der Waals surface area contributed by atoms with Gasteiger partial charge in [-0.2, -0.15) is 5.10 Å². The van der Waals surface area contributed by atoms with Gasteiger partial charge in [-0.25, -0.2) is 0 Å². The highest BCUT2D eigenvalue weighted by Crippen LogP contribution is 2.30. The minimum atomic E-state index is 0.101. The van der Waals surface area contributed by atoms with Crippen molar-refractivity contribution in [1.29, 1.82) is 0 Å². The maximum atomic E-state index is 6.06. The minimum absolute atomic E-state index is 0.101. The summed E-state index contributed by atoms with van der Waals surface area (Å²) in [6, 6.07) is 0.602. The fourth-order valence-electron chi connectivity index (χ4n) is 2.97. The minimum Gasteiger partial charge on any atom is -0.329 e. The first-order valence-electron chi connectivity index (χ1n) is 6.56. The van der Waals surface area contributed by atoms with Gasteiger partial charge in [0.2, 0.25) is 0 Å². The molecule has 2 rings (SSSR count). The van der Waals surface area contributed by atoms with E-state index < -0.39 is 0 Å². The van der Waals surface area contributed by atoms with Crippen molar-refractivity contribution in [2.45, 2.75) is 31.5 Å². The third kappa shape index (κ3) is 2.43. The summed E-state index contributed by atoms with van der Waals surface area (Å²) >= 11 is 0. The van der Waals surface area contributed by atoms with Gasteiger partial charge in [-0.3, -0.25) is 9.58 Å². The third-order valence-electron chi connectivity index (χ3n) is 4.34. The van der Waals surface area contributed by atoms with Gasteiger partial charge in [0.1, 0.15) is 0 Å². The second-order valence-electron chi connectivity index (χ2n) is 5.78. The van der Waals surface area contributed by atoms with E-state index in [-0.39, 0.29) is 5.54 Å². The van der Waals surface area contributed by atoms with Crippen LogP contribution in [-0.4, -0.2) is 58.3 Å². The Morgan fingerprint density at radius 2 is 2.28 bits per heavy atom. The van der Waals surface area contributed by atoms with Crippen molar-refractivity contribution in [3.05, 3.63) is 18.0 Å². The predicted molar refractivity (Wildman–Crippen MR) is 73.2 cm³/mol. The lowest BCUT2D eigenvalue weighted by molar-refractivity contribution is 0.126. The van der Waals surface area contributed by atoms with Crippen molar-refractivity contribution in [2.24, 2.45) is 12.8 Å². The van der Waals surface area contributed by atoms with Crippen molar-refractivity contribution < 1.29 is 0 Å². The number of aromatic nitrogens is 2. The Balaban J connectivity index is 2.08. The normalized spacial score (nSPS) is 29.3. The van der Waals surface area contributed by atoms with Gasteiger partial charge in [0.05, 0.1) is 6.20 Å². The average molecular weight is 251 g/mol. The van der Waals surface area contributed by atoms with E-state index in [1.807, 2.05) is 17.9 Å². The fraction of sp³-hybridized carbons (Fsp3) is 0.769. The van der Waals surface area contributed by atoms with Crippen LogP contribution in [0.4, 0.5) is 0 Å². The van der Waals surface area contributed by atoms with Crippen LogP contribution in [0.3, 0.4) is 0 Å². The van der Waals surface area contributed by atoms with Crippen LogP contribution in [0.15, 0.2) is 12.4 Å². The van der Waals surface area contributed by atoms with E-state index >= 15 is 0 Å². The number of nitrogens with two attached hydrogens (primary N) is 1. The lowest BCUT2D eigenvalue weighted by Gasteiger charge is -2.37. The number of hydrogen-bond donors (Lipinski definition) is 1. The molecular formula is C13H25N5. The van der Waals surface area contributed by atoms with Gasteiger partial charge in [-0.05, 0) is 27.4 Å². The number of likely N-dealkylation sites (tertiary alicyclic amines) is 1. The maximum Gasteiger partial charge on any atom is 0.0534 e. The van der Waals surface area contributed by atoms with E-state index in [0.717, 1.165) is 19.5 Å². The quantitative estimate of drug-likeness (QED) is 0.835. The van der Waals surface area contributed by atoms with Crippen LogP contribution in [0, 0.1) is 0 Å². The first kappa shape index (κ1) is 13.5. The Hall–Kier alpha value is -0.910. The van der Waals surface area contributed by atoms with E-state index in [1.54, 1.807) is 0 Å². The molecule has 5 nitrogen and oxygen atoms in total. The molecule has 102 valence electrons. The Morgan fingerprint density at radius 3 is 2.72 bits per heavy atom. The molecule has 2 unspecified atom stereocenters. The number of likely N-dealkylation sites (N-methyl/N-ethyl adjacent to an activating group) is 2. The van der Waals surface area contributed by atoms with Gasteiger partial charge in [0.25, 0.3) is 0 Å². The third-order valence-corrected chi connectivity index (χ3v) is 4.34. The Kier molecular flexibility index (Phi) is 3.75. The van der Waals surface area contributed by atoms with Crippen LogP contribution in [0.1, 0.15) is 18.9 Å². The van der Waals surface area contributed by atoms with Crippen molar-refractivity contribution >= 4 is 0 Å². The van der Waals surface area contributed by atoms with Gasteiger partial charge in [0.15, 0.2) is 0 Å². The Morgan fingerprint density at radius 1 is 1.56 bits per heavy atom. The molecule has 2 heterocycles.